The van der Waals surface area contributed by atoms with Gasteiger partial charge < -0.3 is 10.2 Å². The molecule has 30 heavy (non-hydrogen) atoms. The van der Waals surface area contributed by atoms with Gasteiger partial charge in [0.2, 0.25) is 5.28 Å². The first-order valence-electron chi connectivity index (χ1n) is 9.19. The molecule has 1 saturated heterocycles. The molecule has 0 aliphatic carbocycles. The largest absolute Gasteiger partial charge is 0.354 e. The Labute approximate surface area is 183 Å². The van der Waals surface area contributed by atoms with Crippen LogP contribution < -0.4 is 10.2 Å². The maximum atomic E-state index is 14.6. The van der Waals surface area contributed by atoms with E-state index in [1.165, 1.54) is 18.5 Å². The van der Waals surface area contributed by atoms with E-state index in [0.29, 0.717) is 29.2 Å². The molecule has 4 rings (SSSR count). The van der Waals surface area contributed by atoms with Crippen molar-refractivity contribution in [2.75, 3.05) is 23.3 Å². The molecule has 0 radical (unpaired) electrons. The lowest BCUT2D eigenvalue weighted by molar-refractivity contribution is 0.102. The van der Waals surface area contributed by atoms with E-state index >= 15 is 0 Å². The molecule has 10 heteroatoms. The van der Waals surface area contributed by atoms with Crippen molar-refractivity contribution in [3.8, 4) is 11.1 Å². The molecule has 0 bridgehead atoms. The van der Waals surface area contributed by atoms with Crippen LogP contribution in [0.2, 0.25) is 5.28 Å². The summed E-state index contributed by atoms with van der Waals surface area (Å²) >= 11 is 5.72. The number of pyridine rings is 1. The summed E-state index contributed by atoms with van der Waals surface area (Å²) in [4.78, 5) is 27.2. The van der Waals surface area contributed by atoms with Crippen LogP contribution >= 0.6 is 30.1 Å². The zero-order valence-electron chi connectivity index (χ0n) is 15.8. The number of aromatic nitrogens is 3. The van der Waals surface area contributed by atoms with Gasteiger partial charge in [0, 0.05) is 47.7 Å². The molecular formula is C20H19ClFN5OP2. The monoisotopic (exact) mass is 461 g/mol. The van der Waals surface area contributed by atoms with Gasteiger partial charge in [0.05, 0.1) is 11.3 Å². The lowest BCUT2D eigenvalue weighted by Crippen LogP contribution is -2.26. The van der Waals surface area contributed by atoms with E-state index in [2.05, 4.69) is 43.6 Å². The van der Waals surface area contributed by atoms with Gasteiger partial charge >= 0.3 is 0 Å². The standard InChI is InChI=1S/C20H19ClFN5OP2/c21-19-24-9-12(10-25-19)18(28)26-16-14(13-3-1-2-4-15(13)22)5-7-23-17(16)27-8-6-20(29,30)11-27/h1-5,7,9-10H,6,8,11,29-30H2,(H,26,28). The van der Waals surface area contributed by atoms with E-state index in [1.807, 2.05) is 0 Å². The Balaban J connectivity index is 1.79. The lowest BCUT2D eigenvalue weighted by Gasteiger charge is -2.24. The number of amides is 1. The van der Waals surface area contributed by atoms with Crippen molar-refractivity contribution in [3.63, 3.8) is 0 Å². The predicted octanol–water partition coefficient (Wildman–Crippen LogP) is 4.24. The average molecular weight is 462 g/mol. The molecule has 0 saturated carbocycles. The highest BCUT2D eigenvalue weighted by atomic mass is 35.5. The SMILES string of the molecule is O=C(Nc1c(-c2ccccc2F)ccnc1N1CCC(P)(P)C1)c1cnc(Cl)nc1. The maximum absolute atomic E-state index is 14.6. The number of hydrogen-bond acceptors (Lipinski definition) is 5. The number of nitrogens with one attached hydrogen (secondary N) is 1. The van der Waals surface area contributed by atoms with Crippen LogP contribution in [-0.2, 0) is 0 Å². The van der Waals surface area contributed by atoms with Crippen LogP contribution in [0, 0.1) is 5.82 Å². The lowest BCUT2D eigenvalue weighted by atomic mass is 10.0. The Hall–Kier alpha value is -2.20. The van der Waals surface area contributed by atoms with Crippen molar-refractivity contribution in [1.82, 2.24) is 15.0 Å². The molecule has 154 valence electrons. The fraction of sp³-hybridized carbons (Fsp3) is 0.200. The third-order valence-corrected chi connectivity index (χ3v) is 5.99. The third kappa shape index (κ3) is 4.44. The molecule has 1 aromatic carbocycles. The molecule has 2 aromatic heterocycles. The fourth-order valence-corrected chi connectivity index (χ4v) is 4.17. The van der Waals surface area contributed by atoms with Crippen molar-refractivity contribution < 1.29 is 9.18 Å². The highest BCUT2D eigenvalue weighted by molar-refractivity contribution is 7.40. The number of halogens is 2. The molecule has 3 heterocycles. The van der Waals surface area contributed by atoms with Crippen LogP contribution in [0.4, 0.5) is 15.9 Å². The van der Waals surface area contributed by atoms with E-state index in [9.17, 15) is 9.18 Å². The Morgan fingerprint density at radius 3 is 2.53 bits per heavy atom. The zero-order chi connectivity index (χ0) is 21.3. The molecular weight excluding hydrogens is 443 g/mol. The number of hydrogen-bond donors (Lipinski definition) is 1. The minimum absolute atomic E-state index is 0.0407. The number of anilines is 2. The summed E-state index contributed by atoms with van der Waals surface area (Å²) in [5.74, 6) is -0.223. The second-order valence-electron chi connectivity index (χ2n) is 7.14. The molecule has 1 fully saturated rings. The van der Waals surface area contributed by atoms with Gasteiger partial charge in [0.25, 0.3) is 5.91 Å². The van der Waals surface area contributed by atoms with E-state index in [1.54, 1.807) is 30.5 Å². The minimum Gasteiger partial charge on any atom is -0.354 e. The van der Waals surface area contributed by atoms with Crippen LogP contribution in [0.15, 0.2) is 48.9 Å². The number of carbonyl (C=O) groups is 1. The quantitative estimate of drug-likeness (QED) is 0.465. The summed E-state index contributed by atoms with van der Waals surface area (Å²) < 4.78 is 14.6. The molecule has 0 spiro atoms. The number of benzene rings is 1. The molecule has 2 atom stereocenters. The summed E-state index contributed by atoms with van der Waals surface area (Å²) in [6.07, 6.45) is 5.24. The van der Waals surface area contributed by atoms with Gasteiger partial charge in [-0.15, -0.1) is 18.5 Å². The van der Waals surface area contributed by atoms with Crippen molar-refractivity contribution in [2.45, 2.75) is 11.3 Å². The molecule has 1 aliphatic heterocycles. The summed E-state index contributed by atoms with van der Waals surface area (Å²) in [7, 11) is 5.67. The summed E-state index contributed by atoms with van der Waals surface area (Å²) in [6, 6.07) is 8.14. The maximum Gasteiger partial charge on any atom is 0.258 e. The molecule has 1 aliphatic rings. The first kappa shape index (κ1) is 21.0. The molecule has 1 amide bonds. The molecule has 6 nitrogen and oxygen atoms in total. The predicted molar refractivity (Wildman–Crippen MR) is 124 cm³/mol. The minimum atomic E-state index is -0.430. The highest BCUT2D eigenvalue weighted by Gasteiger charge is 2.32. The fourth-order valence-electron chi connectivity index (χ4n) is 3.37. The third-order valence-electron chi connectivity index (χ3n) is 4.85. The van der Waals surface area contributed by atoms with Crippen molar-refractivity contribution >= 4 is 47.5 Å². The molecule has 1 N–H and O–H groups in total. The first-order chi connectivity index (χ1) is 14.3. The van der Waals surface area contributed by atoms with Gasteiger partial charge in [-0.05, 0) is 30.2 Å². The van der Waals surface area contributed by atoms with Crippen LogP contribution in [0.3, 0.4) is 0 Å². The summed E-state index contributed by atoms with van der Waals surface area (Å²) in [5, 5.41) is 2.95. The van der Waals surface area contributed by atoms with Crippen molar-refractivity contribution in [3.05, 3.63) is 65.6 Å². The van der Waals surface area contributed by atoms with Gasteiger partial charge in [-0.3, -0.25) is 4.79 Å². The average Bonchev–Trinajstić information content (AvgIpc) is 3.09. The Bertz CT molecular complexity index is 1100. The Morgan fingerprint density at radius 2 is 1.87 bits per heavy atom. The van der Waals surface area contributed by atoms with Crippen molar-refractivity contribution in [1.29, 1.82) is 0 Å². The number of carbonyl (C=O) groups excluding carboxylic acids is 1. The van der Waals surface area contributed by atoms with E-state index in [0.717, 1.165) is 13.0 Å². The van der Waals surface area contributed by atoms with E-state index in [-0.39, 0.29) is 21.6 Å². The van der Waals surface area contributed by atoms with Crippen LogP contribution in [0.25, 0.3) is 11.1 Å². The number of rotatable bonds is 4. The number of nitrogens with zero attached hydrogens (tertiary/aromatic N) is 4. The van der Waals surface area contributed by atoms with Gasteiger partial charge in [0.15, 0.2) is 5.82 Å². The van der Waals surface area contributed by atoms with Gasteiger partial charge in [-0.25, -0.2) is 19.3 Å². The first-order valence-corrected chi connectivity index (χ1v) is 10.7. The van der Waals surface area contributed by atoms with Gasteiger partial charge in [0.1, 0.15) is 5.82 Å². The van der Waals surface area contributed by atoms with E-state index in [4.69, 9.17) is 11.6 Å². The zero-order valence-corrected chi connectivity index (χ0v) is 18.9. The summed E-state index contributed by atoms with van der Waals surface area (Å²) in [6.45, 7) is 1.47. The van der Waals surface area contributed by atoms with Crippen LogP contribution in [-0.4, -0.2) is 38.8 Å². The topological polar surface area (TPSA) is 71.0 Å². The molecule has 2 unspecified atom stereocenters. The van der Waals surface area contributed by atoms with Crippen LogP contribution in [0.1, 0.15) is 16.8 Å². The van der Waals surface area contributed by atoms with Gasteiger partial charge in [-0.2, -0.15) is 0 Å². The highest BCUT2D eigenvalue weighted by Crippen LogP contribution is 2.42. The second kappa shape index (κ2) is 8.50. The van der Waals surface area contributed by atoms with Crippen molar-refractivity contribution in [2.24, 2.45) is 0 Å². The Morgan fingerprint density at radius 1 is 1.13 bits per heavy atom. The second-order valence-corrected chi connectivity index (χ2v) is 10.4. The smallest absolute Gasteiger partial charge is 0.258 e. The van der Waals surface area contributed by atoms with E-state index < -0.39 is 5.91 Å². The normalized spacial score (nSPS) is 15.3. The Kier molecular flexibility index (Phi) is 5.97. The molecule has 3 aromatic rings. The van der Waals surface area contributed by atoms with Crippen LogP contribution in [0.5, 0.6) is 0 Å². The van der Waals surface area contributed by atoms with Gasteiger partial charge in [-0.1, -0.05) is 18.2 Å². The summed E-state index contributed by atoms with van der Waals surface area (Å²) in [5.41, 5.74) is 1.61.